The lowest BCUT2D eigenvalue weighted by Gasteiger charge is -2.10. The van der Waals surface area contributed by atoms with Gasteiger partial charge in [-0.1, -0.05) is 17.7 Å². The van der Waals surface area contributed by atoms with E-state index in [1.807, 2.05) is 12.1 Å². The molecule has 0 aliphatic rings. The number of benzene rings is 2. The third-order valence-electron chi connectivity index (χ3n) is 3.43. The lowest BCUT2D eigenvalue weighted by molar-refractivity contribution is 0.601. The third kappa shape index (κ3) is 2.67. The molecule has 0 unspecified atom stereocenters. The average Bonchev–Trinajstić information content (AvgIpc) is 2.98. The highest BCUT2D eigenvalue weighted by Crippen LogP contribution is 2.32. The molecular formula is C16H9ClN4O2S. The molecular weight excluding hydrogens is 348 g/mol. The molecule has 1 aromatic heterocycles. The normalized spacial score (nSPS) is 11.0. The number of hydrogen-bond acceptors (Lipinski definition) is 4. The number of aromatic nitrogens is 1. The summed E-state index contributed by atoms with van der Waals surface area (Å²) in [5.74, 6) is 0. The fourth-order valence-electron chi connectivity index (χ4n) is 2.32. The highest BCUT2D eigenvalue weighted by Gasteiger charge is 2.18. The van der Waals surface area contributed by atoms with Crippen LogP contribution in [0.15, 0.2) is 47.5 Å². The van der Waals surface area contributed by atoms with Gasteiger partial charge in [0.1, 0.15) is 0 Å². The molecule has 0 fully saturated rings. The summed E-state index contributed by atoms with van der Waals surface area (Å²) >= 11 is 6.06. The summed E-state index contributed by atoms with van der Waals surface area (Å²) in [4.78, 5) is 2.83. The molecule has 3 rings (SSSR count). The maximum atomic E-state index is 12.5. The molecule has 0 saturated carbocycles. The number of hydrogen-bond donors (Lipinski definition) is 2. The van der Waals surface area contributed by atoms with Crippen molar-refractivity contribution in [1.29, 1.82) is 10.5 Å². The SMILES string of the molecule is N#Cc1cccc(S(=O)(=O)Nc2ccc(C#N)c3c(Cl)c[nH]c23)c1. The first-order valence-electron chi connectivity index (χ1n) is 6.69. The monoisotopic (exact) mass is 356 g/mol. The molecule has 1 heterocycles. The Morgan fingerprint density at radius 1 is 1.12 bits per heavy atom. The Morgan fingerprint density at radius 2 is 1.92 bits per heavy atom. The highest BCUT2D eigenvalue weighted by atomic mass is 35.5. The standard InChI is InChI=1S/C16H9ClN4O2S/c17-13-9-20-16-14(5-4-11(8-19)15(13)16)21-24(22,23)12-3-1-2-10(6-12)7-18/h1-6,9,20-21H. The number of nitrogens with zero attached hydrogens (tertiary/aromatic N) is 2. The number of halogens is 1. The minimum Gasteiger partial charge on any atom is -0.358 e. The van der Waals surface area contributed by atoms with Gasteiger partial charge in [-0.15, -0.1) is 0 Å². The van der Waals surface area contributed by atoms with Crippen molar-refractivity contribution < 1.29 is 8.42 Å². The van der Waals surface area contributed by atoms with Gasteiger partial charge in [-0.3, -0.25) is 4.72 Å². The van der Waals surface area contributed by atoms with Gasteiger partial charge < -0.3 is 4.98 Å². The Morgan fingerprint density at radius 3 is 2.62 bits per heavy atom. The van der Waals surface area contributed by atoms with E-state index in [0.717, 1.165) is 0 Å². The molecule has 0 radical (unpaired) electrons. The molecule has 0 bridgehead atoms. The van der Waals surface area contributed by atoms with E-state index >= 15 is 0 Å². The zero-order valence-corrected chi connectivity index (χ0v) is 13.6. The van der Waals surface area contributed by atoms with E-state index < -0.39 is 10.0 Å². The smallest absolute Gasteiger partial charge is 0.262 e. The molecule has 24 heavy (non-hydrogen) atoms. The zero-order chi connectivity index (χ0) is 17.3. The van der Waals surface area contributed by atoms with E-state index in [1.165, 1.54) is 42.6 Å². The van der Waals surface area contributed by atoms with Gasteiger partial charge in [0.05, 0.1) is 44.4 Å². The lowest BCUT2D eigenvalue weighted by Crippen LogP contribution is -2.13. The first-order valence-corrected chi connectivity index (χ1v) is 8.55. The molecule has 0 spiro atoms. The minimum absolute atomic E-state index is 0.0308. The predicted molar refractivity (Wildman–Crippen MR) is 90.0 cm³/mol. The Bertz CT molecular complexity index is 1140. The molecule has 0 atom stereocenters. The number of anilines is 1. The molecule has 118 valence electrons. The van der Waals surface area contributed by atoms with Gasteiger partial charge in [-0.05, 0) is 30.3 Å². The third-order valence-corrected chi connectivity index (χ3v) is 5.09. The quantitative estimate of drug-likeness (QED) is 0.749. The molecule has 6 nitrogen and oxygen atoms in total. The van der Waals surface area contributed by atoms with Crippen molar-refractivity contribution in [1.82, 2.24) is 4.98 Å². The van der Waals surface area contributed by atoms with E-state index in [0.29, 0.717) is 21.5 Å². The van der Waals surface area contributed by atoms with Crippen molar-refractivity contribution in [2.75, 3.05) is 4.72 Å². The molecule has 0 amide bonds. The number of rotatable bonds is 3. The van der Waals surface area contributed by atoms with Crippen LogP contribution >= 0.6 is 11.6 Å². The lowest BCUT2D eigenvalue weighted by atomic mass is 10.1. The molecule has 0 aliphatic carbocycles. The summed E-state index contributed by atoms with van der Waals surface area (Å²) < 4.78 is 27.5. The van der Waals surface area contributed by atoms with Crippen LogP contribution in [0.5, 0.6) is 0 Å². The molecule has 0 saturated heterocycles. The molecule has 3 aromatic rings. The minimum atomic E-state index is -3.89. The fraction of sp³-hybridized carbons (Fsp3) is 0. The van der Waals surface area contributed by atoms with E-state index in [1.54, 1.807) is 0 Å². The van der Waals surface area contributed by atoms with Gasteiger partial charge in [0.2, 0.25) is 0 Å². The highest BCUT2D eigenvalue weighted by molar-refractivity contribution is 7.92. The predicted octanol–water partition coefficient (Wildman–Crippen LogP) is 3.37. The summed E-state index contributed by atoms with van der Waals surface area (Å²) in [6.07, 6.45) is 1.49. The molecule has 2 N–H and O–H groups in total. The van der Waals surface area contributed by atoms with E-state index in [9.17, 15) is 8.42 Å². The number of nitrogens with one attached hydrogen (secondary N) is 2. The fourth-order valence-corrected chi connectivity index (χ4v) is 3.69. The van der Waals surface area contributed by atoms with Crippen LogP contribution in [0, 0.1) is 22.7 Å². The molecule has 8 heteroatoms. The number of sulfonamides is 1. The van der Waals surface area contributed by atoms with Gasteiger partial charge in [-0.2, -0.15) is 10.5 Å². The summed E-state index contributed by atoms with van der Waals surface area (Å²) in [5, 5.41) is 18.8. The van der Waals surface area contributed by atoms with Crippen LogP contribution in [0.2, 0.25) is 5.02 Å². The Kier molecular flexibility index (Phi) is 3.90. The van der Waals surface area contributed by atoms with Gasteiger partial charge >= 0.3 is 0 Å². The Balaban J connectivity index is 2.10. The van der Waals surface area contributed by atoms with E-state index in [-0.39, 0.29) is 16.1 Å². The maximum absolute atomic E-state index is 12.5. The zero-order valence-electron chi connectivity index (χ0n) is 12.0. The average molecular weight is 357 g/mol. The van der Waals surface area contributed by atoms with Gasteiger partial charge in [0, 0.05) is 11.6 Å². The van der Waals surface area contributed by atoms with Crippen LogP contribution in [-0.2, 0) is 10.0 Å². The summed E-state index contributed by atoms with van der Waals surface area (Å²) in [6.45, 7) is 0. The first kappa shape index (κ1) is 15.9. The second kappa shape index (κ2) is 5.89. The van der Waals surface area contributed by atoms with Crippen LogP contribution in [0.3, 0.4) is 0 Å². The van der Waals surface area contributed by atoms with E-state index in [4.69, 9.17) is 22.1 Å². The van der Waals surface area contributed by atoms with Gasteiger partial charge in [0.15, 0.2) is 0 Å². The van der Waals surface area contributed by atoms with Crippen molar-refractivity contribution >= 4 is 38.2 Å². The summed E-state index contributed by atoms with van der Waals surface area (Å²) in [6, 6.07) is 12.6. The second-order valence-electron chi connectivity index (χ2n) is 4.90. The van der Waals surface area contributed by atoms with Crippen LogP contribution in [-0.4, -0.2) is 13.4 Å². The van der Waals surface area contributed by atoms with E-state index in [2.05, 4.69) is 9.71 Å². The Hall–Kier alpha value is -3.00. The van der Waals surface area contributed by atoms with Crippen molar-refractivity contribution in [2.45, 2.75) is 4.90 Å². The van der Waals surface area contributed by atoms with Crippen molar-refractivity contribution in [2.24, 2.45) is 0 Å². The Labute approximate surface area is 143 Å². The van der Waals surface area contributed by atoms with Crippen LogP contribution in [0.25, 0.3) is 10.9 Å². The first-order chi connectivity index (χ1) is 11.5. The van der Waals surface area contributed by atoms with Crippen LogP contribution in [0.4, 0.5) is 5.69 Å². The topological polar surface area (TPSA) is 110 Å². The number of nitriles is 2. The largest absolute Gasteiger partial charge is 0.358 e. The van der Waals surface area contributed by atoms with Gasteiger partial charge in [-0.25, -0.2) is 8.42 Å². The van der Waals surface area contributed by atoms with Crippen LogP contribution in [0.1, 0.15) is 11.1 Å². The summed E-state index contributed by atoms with van der Waals surface area (Å²) in [5.41, 5.74) is 1.26. The number of aromatic amines is 1. The number of H-pyrrole nitrogens is 1. The van der Waals surface area contributed by atoms with Crippen molar-refractivity contribution in [3.05, 3.63) is 58.7 Å². The van der Waals surface area contributed by atoms with Gasteiger partial charge in [0.25, 0.3) is 10.0 Å². The molecule has 2 aromatic carbocycles. The maximum Gasteiger partial charge on any atom is 0.262 e. The second-order valence-corrected chi connectivity index (χ2v) is 6.99. The summed E-state index contributed by atoms with van der Waals surface area (Å²) in [7, 11) is -3.89. The molecule has 0 aliphatic heterocycles. The van der Waals surface area contributed by atoms with Crippen LogP contribution < -0.4 is 4.72 Å². The van der Waals surface area contributed by atoms with Crippen molar-refractivity contribution in [3.8, 4) is 12.1 Å². The number of fused-ring (bicyclic) bond motifs is 1. The van der Waals surface area contributed by atoms with Crippen molar-refractivity contribution in [3.63, 3.8) is 0 Å².